The highest BCUT2D eigenvalue weighted by Gasteiger charge is 2.40. The number of barbiturate groups is 1. The van der Waals surface area contributed by atoms with E-state index < -0.39 is 23.8 Å². The standard InChI is InChI=1S/C17H15N3O4/c1-11-4-2-5-12(8-11)20-16(22)14(15(21)19-17(20)23)10-18-9-13-6-3-7-24-13/h2-8,10,14H,9H2,1H3,(H,19,21,23)/t14-/m1/s1. The zero-order valence-corrected chi connectivity index (χ0v) is 12.9. The molecule has 0 radical (unpaired) electrons. The van der Waals surface area contributed by atoms with Gasteiger partial charge in [-0.15, -0.1) is 0 Å². The van der Waals surface area contributed by atoms with Crippen molar-refractivity contribution in [3.8, 4) is 0 Å². The number of furan rings is 1. The highest BCUT2D eigenvalue weighted by molar-refractivity contribution is 6.32. The van der Waals surface area contributed by atoms with Crippen LogP contribution in [0.5, 0.6) is 0 Å². The number of carbonyl (C=O) groups excluding carboxylic acids is 3. The number of hydrogen-bond acceptors (Lipinski definition) is 5. The van der Waals surface area contributed by atoms with Crippen LogP contribution >= 0.6 is 0 Å². The van der Waals surface area contributed by atoms with Gasteiger partial charge in [0.1, 0.15) is 5.76 Å². The van der Waals surface area contributed by atoms with E-state index >= 15 is 0 Å². The molecule has 1 fully saturated rings. The second-order valence-corrected chi connectivity index (χ2v) is 5.35. The summed E-state index contributed by atoms with van der Waals surface area (Å²) in [6.07, 6.45) is 2.76. The van der Waals surface area contributed by atoms with E-state index in [1.807, 2.05) is 13.0 Å². The number of nitrogens with one attached hydrogen (secondary N) is 1. The molecule has 4 amide bonds. The van der Waals surface area contributed by atoms with Crippen molar-refractivity contribution >= 4 is 29.7 Å². The van der Waals surface area contributed by atoms with E-state index in [1.54, 1.807) is 30.3 Å². The predicted molar refractivity (Wildman–Crippen MR) is 86.6 cm³/mol. The average molecular weight is 325 g/mol. The summed E-state index contributed by atoms with van der Waals surface area (Å²) in [5, 5.41) is 2.18. The molecule has 7 heteroatoms. The van der Waals surface area contributed by atoms with Gasteiger partial charge in [0.25, 0.3) is 5.91 Å². The summed E-state index contributed by atoms with van der Waals surface area (Å²) in [6.45, 7) is 2.06. The average Bonchev–Trinajstić information content (AvgIpc) is 3.03. The van der Waals surface area contributed by atoms with Crippen LogP contribution in [0.25, 0.3) is 0 Å². The Balaban J connectivity index is 1.82. The highest BCUT2D eigenvalue weighted by atomic mass is 16.3. The summed E-state index contributed by atoms with van der Waals surface area (Å²) < 4.78 is 5.13. The largest absolute Gasteiger partial charge is 0.467 e. The van der Waals surface area contributed by atoms with Crippen molar-refractivity contribution in [1.82, 2.24) is 5.32 Å². The lowest BCUT2D eigenvalue weighted by Crippen LogP contribution is -2.58. The third kappa shape index (κ3) is 3.10. The van der Waals surface area contributed by atoms with Crippen molar-refractivity contribution in [3.05, 3.63) is 54.0 Å². The lowest BCUT2D eigenvalue weighted by atomic mass is 10.1. The van der Waals surface area contributed by atoms with Crippen molar-refractivity contribution in [3.63, 3.8) is 0 Å². The molecule has 122 valence electrons. The summed E-state index contributed by atoms with van der Waals surface area (Å²) in [6, 6.07) is 9.63. The Labute approximate surface area is 138 Å². The third-order valence-corrected chi connectivity index (χ3v) is 3.54. The van der Waals surface area contributed by atoms with Gasteiger partial charge in [0, 0.05) is 6.21 Å². The van der Waals surface area contributed by atoms with Crippen molar-refractivity contribution in [2.45, 2.75) is 13.5 Å². The van der Waals surface area contributed by atoms with Crippen LogP contribution in [0, 0.1) is 12.8 Å². The third-order valence-electron chi connectivity index (χ3n) is 3.54. The predicted octanol–water partition coefficient (Wildman–Crippen LogP) is 2.06. The number of rotatable bonds is 4. The fourth-order valence-corrected chi connectivity index (χ4v) is 2.38. The van der Waals surface area contributed by atoms with Crippen LogP contribution < -0.4 is 10.2 Å². The first-order valence-corrected chi connectivity index (χ1v) is 7.34. The molecule has 1 atom stereocenters. The van der Waals surface area contributed by atoms with Crippen molar-refractivity contribution in [2.24, 2.45) is 10.9 Å². The molecule has 1 aliphatic heterocycles. The second-order valence-electron chi connectivity index (χ2n) is 5.35. The van der Waals surface area contributed by atoms with Gasteiger partial charge in [-0.05, 0) is 36.8 Å². The first-order chi connectivity index (χ1) is 11.6. The minimum Gasteiger partial charge on any atom is -0.467 e. The molecule has 2 heterocycles. The van der Waals surface area contributed by atoms with Crippen molar-refractivity contribution < 1.29 is 18.8 Å². The number of anilines is 1. The number of benzene rings is 1. The van der Waals surface area contributed by atoms with Gasteiger partial charge in [0.2, 0.25) is 5.91 Å². The molecule has 1 aromatic heterocycles. The van der Waals surface area contributed by atoms with Gasteiger partial charge in [-0.1, -0.05) is 12.1 Å². The molecular formula is C17H15N3O4. The van der Waals surface area contributed by atoms with Crippen LogP contribution in [0.2, 0.25) is 0 Å². The lowest BCUT2D eigenvalue weighted by molar-refractivity contribution is -0.131. The maximum Gasteiger partial charge on any atom is 0.335 e. The molecule has 7 nitrogen and oxygen atoms in total. The van der Waals surface area contributed by atoms with E-state index in [1.165, 1.54) is 12.5 Å². The van der Waals surface area contributed by atoms with Crippen LogP contribution in [0.1, 0.15) is 11.3 Å². The minimum atomic E-state index is -1.15. The van der Waals surface area contributed by atoms with E-state index in [0.717, 1.165) is 10.5 Å². The molecule has 0 saturated carbocycles. The Morgan fingerprint density at radius 3 is 2.79 bits per heavy atom. The number of urea groups is 1. The Morgan fingerprint density at radius 1 is 1.25 bits per heavy atom. The smallest absolute Gasteiger partial charge is 0.335 e. The van der Waals surface area contributed by atoms with Gasteiger partial charge in [0.05, 0.1) is 18.5 Å². The summed E-state index contributed by atoms with van der Waals surface area (Å²) >= 11 is 0. The van der Waals surface area contributed by atoms with Crippen LogP contribution in [0.4, 0.5) is 10.5 Å². The highest BCUT2D eigenvalue weighted by Crippen LogP contribution is 2.21. The fourth-order valence-electron chi connectivity index (χ4n) is 2.38. The van der Waals surface area contributed by atoms with Gasteiger partial charge >= 0.3 is 6.03 Å². The quantitative estimate of drug-likeness (QED) is 0.688. The molecular weight excluding hydrogens is 310 g/mol. The SMILES string of the molecule is Cc1cccc(N2C(=O)NC(=O)[C@@H](C=NCc3ccco3)C2=O)c1. The molecule has 1 aromatic carbocycles. The number of aryl methyl sites for hydroxylation is 1. The topological polar surface area (TPSA) is 92.0 Å². The van der Waals surface area contributed by atoms with Crippen molar-refractivity contribution in [1.29, 1.82) is 0 Å². The van der Waals surface area contributed by atoms with Crippen molar-refractivity contribution in [2.75, 3.05) is 4.90 Å². The molecule has 0 spiro atoms. The molecule has 2 aromatic rings. The first-order valence-electron chi connectivity index (χ1n) is 7.34. The van der Waals surface area contributed by atoms with Crippen LogP contribution in [0.15, 0.2) is 52.1 Å². The number of aliphatic imine (C=N–C) groups is 1. The van der Waals surface area contributed by atoms with Crippen LogP contribution in [0.3, 0.4) is 0 Å². The maximum atomic E-state index is 12.6. The maximum absolute atomic E-state index is 12.6. The zero-order valence-electron chi connectivity index (χ0n) is 12.9. The van der Waals surface area contributed by atoms with Gasteiger partial charge in [-0.25, -0.2) is 9.69 Å². The summed E-state index contributed by atoms with van der Waals surface area (Å²) in [7, 11) is 0. The minimum absolute atomic E-state index is 0.211. The summed E-state index contributed by atoms with van der Waals surface area (Å²) in [4.78, 5) is 41.6. The van der Waals surface area contributed by atoms with Crippen LogP contribution in [-0.4, -0.2) is 24.1 Å². The van der Waals surface area contributed by atoms with Gasteiger partial charge in [-0.2, -0.15) is 0 Å². The number of nitrogens with zero attached hydrogens (tertiary/aromatic N) is 2. The lowest BCUT2D eigenvalue weighted by Gasteiger charge is -2.28. The molecule has 1 saturated heterocycles. The van der Waals surface area contributed by atoms with E-state index in [9.17, 15) is 14.4 Å². The van der Waals surface area contributed by atoms with Gasteiger partial charge < -0.3 is 4.42 Å². The Bertz CT molecular complexity index is 811. The normalized spacial score (nSPS) is 18.3. The Kier molecular flexibility index (Phi) is 4.24. The first kappa shape index (κ1) is 15.7. The Morgan fingerprint density at radius 2 is 2.08 bits per heavy atom. The van der Waals surface area contributed by atoms with E-state index in [2.05, 4.69) is 10.3 Å². The van der Waals surface area contributed by atoms with Gasteiger partial charge in [0.15, 0.2) is 5.92 Å². The molecule has 24 heavy (non-hydrogen) atoms. The molecule has 0 bridgehead atoms. The monoisotopic (exact) mass is 325 g/mol. The van der Waals surface area contributed by atoms with E-state index in [-0.39, 0.29) is 6.54 Å². The summed E-state index contributed by atoms with van der Waals surface area (Å²) in [5.41, 5.74) is 1.31. The molecule has 3 rings (SSSR count). The number of imide groups is 2. The van der Waals surface area contributed by atoms with E-state index in [4.69, 9.17) is 4.42 Å². The Hall–Kier alpha value is -3.22. The second kappa shape index (κ2) is 6.49. The molecule has 1 aliphatic rings. The fraction of sp³-hybridized carbons (Fsp3) is 0.176. The number of amides is 4. The van der Waals surface area contributed by atoms with E-state index in [0.29, 0.717) is 11.4 Å². The van der Waals surface area contributed by atoms with Crippen LogP contribution in [-0.2, 0) is 16.1 Å². The number of hydrogen-bond donors (Lipinski definition) is 1. The summed E-state index contributed by atoms with van der Waals surface area (Å²) in [5.74, 6) is -1.85. The molecule has 0 unspecified atom stereocenters. The van der Waals surface area contributed by atoms with Gasteiger partial charge in [-0.3, -0.25) is 19.9 Å². The zero-order chi connectivity index (χ0) is 17.1. The molecule has 1 N–H and O–H groups in total. The number of carbonyl (C=O) groups is 3. The molecule has 0 aliphatic carbocycles.